The lowest BCUT2D eigenvalue weighted by atomic mass is 9.88. The van der Waals surface area contributed by atoms with Crippen molar-refractivity contribution in [1.29, 1.82) is 0 Å². The van der Waals surface area contributed by atoms with Crippen LogP contribution in [-0.4, -0.2) is 109 Å². The minimum atomic E-state index is -1.35. The van der Waals surface area contributed by atoms with Crippen molar-refractivity contribution in [3.63, 3.8) is 0 Å². The molecule has 2 unspecified atom stereocenters. The zero-order valence-electron chi connectivity index (χ0n) is 27.9. The number of alkyl carbamates (subject to hydrolysis) is 1. The van der Waals surface area contributed by atoms with Gasteiger partial charge < -0.3 is 39.4 Å². The van der Waals surface area contributed by atoms with E-state index in [-0.39, 0.29) is 42.1 Å². The van der Waals surface area contributed by atoms with Crippen LogP contribution in [0.15, 0.2) is 18.2 Å². The molecule has 3 rings (SSSR count). The maximum Gasteiger partial charge on any atom is 0.409 e. The summed E-state index contributed by atoms with van der Waals surface area (Å²) in [4.78, 5) is 41.3. The number of likely N-dealkylation sites (N-methyl/N-ethyl adjacent to an activating group) is 1. The van der Waals surface area contributed by atoms with Crippen LogP contribution in [0.25, 0.3) is 0 Å². The summed E-state index contributed by atoms with van der Waals surface area (Å²) in [5, 5.41) is 6.03. The summed E-state index contributed by atoms with van der Waals surface area (Å²) in [7, 11) is 1.63. The number of benzene rings is 1. The predicted molar refractivity (Wildman–Crippen MR) is 177 cm³/mol. The minimum Gasteiger partial charge on any atom is -0.453 e. The Morgan fingerprint density at radius 2 is 1.96 bits per heavy atom. The average molecular weight is 687 g/mol. The molecule has 2 aliphatic heterocycles. The molecule has 2 saturated heterocycles. The molecule has 0 radical (unpaired) electrons. The largest absolute Gasteiger partial charge is 0.453 e. The molecule has 260 valence electrons. The van der Waals surface area contributed by atoms with Crippen LogP contribution in [0.4, 0.5) is 18.8 Å². The molecule has 0 spiro atoms. The number of hydrogen-bond acceptors (Lipinski definition) is 7. The van der Waals surface area contributed by atoms with Crippen molar-refractivity contribution in [1.82, 2.24) is 20.4 Å². The first-order valence-electron chi connectivity index (χ1n) is 16.2. The summed E-state index contributed by atoms with van der Waals surface area (Å²) in [5.41, 5.74) is 0.569. The van der Waals surface area contributed by atoms with E-state index < -0.39 is 32.2 Å². The summed E-state index contributed by atoms with van der Waals surface area (Å²) >= 11 is 6.20. The van der Waals surface area contributed by atoms with E-state index in [0.29, 0.717) is 44.8 Å². The molecule has 2 N–H and O–H groups in total. The van der Waals surface area contributed by atoms with Gasteiger partial charge in [0.2, 0.25) is 0 Å². The predicted octanol–water partition coefficient (Wildman–Crippen LogP) is 5.91. The Balaban J connectivity index is 1.68. The Kier molecular flexibility index (Phi) is 15.3. The fourth-order valence-electron chi connectivity index (χ4n) is 5.90. The monoisotopic (exact) mass is 686 g/mol. The number of nitrogens with zero attached hydrogens (tertiary/aromatic N) is 2. The molecular weight excluding hydrogens is 635 g/mol. The summed E-state index contributed by atoms with van der Waals surface area (Å²) in [5.74, 6) is -0.352. The SMILES string of the molecule is COC(=O)NCCO[C@@H](c1cc(F)cc(Cl)c1)[C@@H]1CCCN(C(=O)NC(CC2CCCOC2)CN(C)C(=O)OCC[Si](C)(C)C)C1. The third-order valence-corrected chi connectivity index (χ3v) is 10.2. The molecule has 4 atom stereocenters. The quantitative estimate of drug-likeness (QED) is 0.185. The smallest absolute Gasteiger partial charge is 0.409 e. The minimum absolute atomic E-state index is 0.148. The second-order valence-electron chi connectivity index (χ2n) is 13.5. The number of rotatable bonds is 14. The van der Waals surface area contributed by atoms with Gasteiger partial charge in [-0.3, -0.25) is 0 Å². The van der Waals surface area contributed by atoms with Crippen LogP contribution in [0.2, 0.25) is 30.7 Å². The Morgan fingerprint density at radius 1 is 1.17 bits per heavy atom. The molecule has 4 amide bonds. The van der Waals surface area contributed by atoms with Crippen LogP contribution in [0.1, 0.15) is 43.8 Å². The van der Waals surface area contributed by atoms with E-state index in [2.05, 4.69) is 35.0 Å². The van der Waals surface area contributed by atoms with Crippen LogP contribution in [0, 0.1) is 17.7 Å². The second kappa shape index (κ2) is 18.7. The zero-order chi connectivity index (χ0) is 33.7. The van der Waals surface area contributed by atoms with E-state index in [1.54, 1.807) is 18.0 Å². The number of carbonyl (C=O) groups is 3. The Bertz CT molecular complexity index is 1120. The summed E-state index contributed by atoms with van der Waals surface area (Å²) in [6.07, 6.45) is 2.59. The summed E-state index contributed by atoms with van der Waals surface area (Å²) in [6, 6.07) is 4.66. The number of carbonyl (C=O) groups excluding carboxylic acids is 3. The second-order valence-corrected chi connectivity index (χ2v) is 19.6. The van der Waals surface area contributed by atoms with E-state index in [4.69, 9.17) is 25.8 Å². The molecule has 46 heavy (non-hydrogen) atoms. The van der Waals surface area contributed by atoms with Gasteiger partial charge in [0.25, 0.3) is 0 Å². The molecule has 2 aliphatic rings. The van der Waals surface area contributed by atoms with Gasteiger partial charge in [0.1, 0.15) is 5.82 Å². The summed E-state index contributed by atoms with van der Waals surface area (Å²) in [6.45, 7) is 10.1. The van der Waals surface area contributed by atoms with Crippen LogP contribution >= 0.6 is 11.6 Å². The molecule has 0 bridgehead atoms. The van der Waals surface area contributed by atoms with Crippen molar-refractivity contribution in [3.8, 4) is 0 Å². The lowest BCUT2D eigenvalue weighted by molar-refractivity contribution is -0.00896. The molecule has 1 aromatic carbocycles. The topological polar surface area (TPSA) is 119 Å². The third kappa shape index (κ3) is 13.2. The highest BCUT2D eigenvalue weighted by atomic mass is 35.5. The fraction of sp³-hybridized carbons (Fsp3) is 0.719. The van der Waals surface area contributed by atoms with E-state index in [1.807, 2.05) is 0 Å². The van der Waals surface area contributed by atoms with Crippen molar-refractivity contribution in [2.24, 2.45) is 11.8 Å². The van der Waals surface area contributed by atoms with Crippen molar-refractivity contribution in [2.45, 2.75) is 69.9 Å². The molecule has 2 heterocycles. The van der Waals surface area contributed by atoms with Gasteiger partial charge in [-0.25, -0.2) is 18.8 Å². The number of urea groups is 1. The zero-order valence-corrected chi connectivity index (χ0v) is 29.7. The van der Waals surface area contributed by atoms with Crippen molar-refractivity contribution in [3.05, 3.63) is 34.6 Å². The Morgan fingerprint density at radius 3 is 2.63 bits per heavy atom. The lowest BCUT2D eigenvalue weighted by Crippen LogP contribution is -2.53. The number of nitrogens with one attached hydrogen (secondary N) is 2. The fourth-order valence-corrected chi connectivity index (χ4v) is 6.84. The van der Waals surface area contributed by atoms with Gasteiger partial charge in [0.05, 0.1) is 26.4 Å². The number of piperidine rings is 1. The summed E-state index contributed by atoms with van der Waals surface area (Å²) < 4.78 is 36.4. The number of halogens is 2. The molecule has 0 saturated carbocycles. The van der Waals surface area contributed by atoms with E-state index in [1.165, 1.54) is 24.1 Å². The molecular formula is C32H52ClFN4O7Si. The highest BCUT2D eigenvalue weighted by Gasteiger charge is 2.33. The number of hydrogen-bond donors (Lipinski definition) is 2. The third-order valence-electron chi connectivity index (χ3n) is 8.32. The van der Waals surface area contributed by atoms with Crippen molar-refractivity contribution >= 4 is 37.9 Å². The van der Waals surface area contributed by atoms with E-state index in [9.17, 15) is 18.8 Å². The number of likely N-dealkylation sites (tertiary alicyclic amines) is 1. The van der Waals surface area contributed by atoms with Crippen LogP contribution < -0.4 is 10.6 Å². The van der Waals surface area contributed by atoms with Crippen LogP contribution in [0.3, 0.4) is 0 Å². The van der Waals surface area contributed by atoms with Gasteiger partial charge in [0.15, 0.2) is 0 Å². The number of amides is 4. The van der Waals surface area contributed by atoms with Gasteiger partial charge >= 0.3 is 18.2 Å². The van der Waals surface area contributed by atoms with Gasteiger partial charge in [-0.05, 0) is 67.8 Å². The maximum atomic E-state index is 14.4. The first-order chi connectivity index (χ1) is 21.8. The van der Waals surface area contributed by atoms with Gasteiger partial charge in [-0.15, -0.1) is 0 Å². The standard InChI is InChI=1S/C32H52ClFN4O7Si/c1-37(32(41)45-14-15-46(3,4)5)21-28(16-23-8-7-12-43-22-23)36-30(39)38-11-6-9-24(20-38)29(44-13-10-35-31(40)42-2)25-17-26(33)19-27(34)18-25/h17-19,23-24,28-29H,6-16,20-22H2,1-5H3,(H,35,40)(H,36,39)/t23?,24-,28?,29-/m1/s1. The molecule has 1 aromatic rings. The molecule has 11 nitrogen and oxygen atoms in total. The number of methoxy groups -OCH3 is 1. The molecule has 2 fully saturated rings. The first kappa shape index (κ1) is 37.8. The maximum absolute atomic E-state index is 14.4. The van der Waals surface area contributed by atoms with Crippen molar-refractivity contribution in [2.75, 3.05) is 66.8 Å². The van der Waals surface area contributed by atoms with Crippen LogP contribution in [0.5, 0.6) is 0 Å². The van der Waals surface area contributed by atoms with E-state index >= 15 is 0 Å². The Labute approximate surface area is 278 Å². The normalized spacial score (nSPS) is 19.9. The lowest BCUT2D eigenvalue weighted by Gasteiger charge is -2.38. The van der Waals surface area contributed by atoms with Crippen LogP contribution in [-0.2, 0) is 18.9 Å². The van der Waals surface area contributed by atoms with Gasteiger partial charge in [0, 0.05) is 71.5 Å². The van der Waals surface area contributed by atoms with Crippen molar-refractivity contribution < 1.29 is 37.7 Å². The molecule has 0 aromatic heterocycles. The number of ether oxygens (including phenoxy) is 4. The average Bonchev–Trinajstić information content (AvgIpc) is 3.00. The highest BCUT2D eigenvalue weighted by Crippen LogP contribution is 2.34. The highest BCUT2D eigenvalue weighted by molar-refractivity contribution is 6.76. The molecule has 14 heteroatoms. The Hall–Kier alpha value is -2.61. The molecule has 0 aliphatic carbocycles. The van der Waals surface area contributed by atoms with E-state index in [0.717, 1.165) is 38.3 Å². The van der Waals surface area contributed by atoms with Gasteiger partial charge in [-0.1, -0.05) is 31.2 Å². The first-order valence-corrected chi connectivity index (χ1v) is 20.3. The van der Waals surface area contributed by atoms with Gasteiger partial charge in [-0.2, -0.15) is 0 Å².